The van der Waals surface area contributed by atoms with Crippen LogP contribution in [0.2, 0.25) is 0 Å². The van der Waals surface area contributed by atoms with Crippen molar-refractivity contribution in [1.29, 1.82) is 0 Å². The van der Waals surface area contributed by atoms with Crippen molar-refractivity contribution in [2.24, 2.45) is 7.05 Å². The number of hydrogen-bond donors (Lipinski definition) is 0. The van der Waals surface area contributed by atoms with Gasteiger partial charge < -0.3 is 4.57 Å². The number of aldehydes is 1. The number of aromatic nitrogens is 2. The van der Waals surface area contributed by atoms with Crippen molar-refractivity contribution in [1.82, 2.24) is 9.55 Å². The average Bonchev–Trinajstić information content (AvgIpc) is 2.86. The third-order valence-corrected chi connectivity index (χ3v) is 3.33. The summed E-state index contributed by atoms with van der Waals surface area (Å²) in [6.45, 7) is 0. The molecule has 3 aromatic rings. The summed E-state index contributed by atoms with van der Waals surface area (Å²) < 4.78 is 1.84. The monoisotopic (exact) mass is 262 g/mol. The van der Waals surface area contributed by atoms with Crippen molar-refractivity contribution in [3.05, 3.63) is 66.5 Å². The van der Waals surface area contributed by atoms with Gasteiger partial charge in [0.1, 0.15) is 0 Å². The Labute approximate surface area is 117 Å². The molecule has 0 bridgehead atoms. The highest BCUT2D eigenvalue weighted by Gasteiger charge is 2.16. The Hall–Kier alpha value is -2.68. The summed E-state index contributed by atoms with van der Waals surface area (Å²) in [5.74, 6) is 0.433. The topological polar surface area (TPSA) is 34.9 Å². The summed E-state index contributed by atoms with van der Waals surface area (Å²) in [7, 11) is 1.87. The molecule has 0 saturated heterocycles. The SMILES string of the molecule is Cn1c(C=O)nc(-c2ccccc2)c1-c1ccccc1. The maximum absolute atomic E-state index is 11.2. The summed E-state index contributed by atoms with van der Waals surface area (Å²) in [5, 5.41) is 0. The first-order valence-electron chi connectivity index (χ1n) is 6.44. The van der Waals surface area contributed by atoms with E-state index in [-0.39, 0.29) is 0 Å². The van der Waals surface area contributed by atoms with Gasteiger partial charge in [0.15, 0.2) is 12.1 Å². The van der Waals surface area contributed by atoms with Crippen LogP contribution >= 0.6 is 0 Å². The van der Waals surface area contributed by atoms with Crippen molar-refractivity contribution in [3.63, 3.8) is 0 Å². The van der Waals surface area contributed by atoms with E-state index < -0.39 is 0 Å². The third-order valence-electron chi connectivity index (χ3n) is 3.33. The lowest BCUT2D eigenvalue weighted by atomic mass is 10.1. The van der Waals surface area contributed by atoms with Gasteiger partial charge in [-0.3, -0.25) is 4.79 Å². The lowest BCUT2D eigenvalue weighted by Crippen LogP contribution is -1.97. The predicted octanol–water partition coefficient (Wildman–Crippen LogP) is 3.57. The molecule has 0 aliphatic carbocycles. The van der Waals surface area contributed by atoms with Gasteiger partial charge in [0.05, 0.1) is 11.4 Å². The Morgan fingerprint density at radius 1 is 0.900 bits per heavy atom. The summed E-state index contributed by atoms with van der Waals surface area (Å²) in [4.78, 5) is 15.6. The van der Waals surface area contributed by atoms with E-state index >= 15 is 0 Å². The van der Waals surface area contributed by atoms with Crippen LogP contribution in [0, 0.1) is 0 Å². The minimum atomic E-state index is 0.433. The third kappa shape index (κ3) is 2.03. The van der Waals surface area contributed by atoms with Crippen LogP contribution < -0.4 is 0 Å². The van der Waals surface area contributed by atoms with E-state index in [0.717, 1.165) is 28.8 Å². The van der Waals surface area contributed by atoms with Crippen molar-refractivity contribution in [2.75, 3.05) is 0 Å². The molecule has 2 aromatic carbocycles. The van der Waals surface area contributed by atoms with Crippen LogP contribution in [-0.4, -0.2) is 15.8 Å². The Morgan fingerprint density at radius 2 is 1.45 bits per heavy atom. The molecule has 3 nitrogen and oxygen atoms in total. The van der Waals surface area contributed by atoms with Gasteiger partial charge >= 0.3 is 0 Å². The van der Waals surface area contributed by atoms with Gasteiger partial charge in [0, 0.05) is 18.2 Å². The number of carbonyl (C=O) groups excluding carboxylic acids is 1. The molecular formula is C17H14N2O. The predicted molar refractivity (Wildman–Crippen MR) is 79.5 cm³/mol. The molecule has 3 rings (SSSR count). The summed E-state index contributed by atoms with van der Waals surface area (Å²) in [5.41, 5.74) is 3.85. The molecule has 0 amide bonds. The molecule has 1 aromatic heterocycles. The summed E-state index contributed by atoms with van der Waals surface area (Å²) in [6.07, 6.45) is 0.791. The van der Waals surface area contributed by atoms with Crippen molar-refractivity contribution in [2.45, 2.75) is 0 Å². The quantitative estimate of drug-likeness (QED) is 0.676. The number of imidazole rings is 1. The molecule has 0 N–H and O–H groups in total. The largest absolute Gasteiger partial charge is 0.324 e. The Balaban J connectivity index is 2.27. The van der Waals surface area contributed by atoms with E-state index in [0.29, 0.717) is 5.82 Å². The first-order valence-corrected chi connectivity index (χ1v) is 6.44. The lowest BCUT2D eigenvalue weighted by molar-refractivity contribution is 0.111. The zero-order valence-electron chi connectivity index (χ0n) is 11.2. The zero-order valence-corrected chi connectivity index (χ0v) is 11.2. The summed E-state index contributed by atoms with van der Waals surface area (Å²) in [6, 6.07) is 19.9. The highest BCUT2D eigenvalue weighted by molar-refractivity contribution is 5.83. The molecule has 98 valence electrons. The molecule has 3 heteroatoms. The first kappa shape index (κ1) is 12.4. The van der Waals surface area contributed by atoms with Crippen LogP contribution in [-0.2, 0) is 7.05 Å². The number of carbonyl (C=O) groups is 1. The standard InChI is InChI=1S/C17H14N2O/c1-19-15(12-20)18-16(13-8-4-2-5-9-13)17(19)14-10-6-3-7-11-14/h2-12H,1H3. The fraction of sp³-hybridized carbons (Fsp3) is 0.0588. The first-order chi connectivity index (χ1) is 9.81. The van der Waals surface area contributed by atoms with Crippen molar-refractivity contribution in [3.8, 4) is 22.5 Å². The van der Waals surface area contributed by atoms with E-state index in [1.165, 1.54) is 0 Å². The van der Waals surface area contributed by atoms with Gasteiger partial charge in [0.25, 0.3) is 0 Å². The second-order valence-electron chi connectivity index (χ2n) is 4.58. The molecule has 0 fully saturated rings. The van der Waals surface area contributed by atoms with Gasteiger partial charge in [-0.1, -0.05) is 60.7 Å². The lowest BCUT2D eigenvalue weighted by Gasteiger charge is -2.06. The molecule has 0 spiro atoms. The van der Waals surface area contributed by atoms with Gasteiger partial charge in [-0.15, -0.1) is 0 Å². The molecule has 0 saturated carbocycles. The molecule has 0 radical (unpaired) electrons. The number of nitrogens with zero attached hydrogens (tertiary/aromatic N) is 2. The van der Waals surface area contributed by atoms with E-state index in [4.69, 9.17) is 0 Å². The van der Waals surface area contributed by atoms with Gasteiger partial charge in [0.2, 0.25) is 0 Å². The van der Waals surface area contributed by atoms with E-state index in [2.05, 4.69) is 4.98 Å². The molecule has 0 atom stereocenters. The minimum Gasteiger partial charge on any atom is -0.324 e. The second-order valence-corrected chi connectivity index (χ2v) is 4.58. The molecular weight excluding hydrogens is 248 g/mol. The molecule has 1 heterocycles. The number of benzene rings is 2. The molecule has 20 heavy (non-hydrogen) atoms. The van der Waals surface area contributed by atoms with Crippen molar-refractivity contribution < 1.29 is 4.79 Å². The van der Waals surface area contributed by atoms with E-state index in [9.17, 15) is 4.79 Å². The van der Waals surface area contributed by atoms with E-state index in [1.807, 2.05) is 72.3 Å². The van der Waals surface area contributed by atoms with Crippen molar-refractivity contribution >= 4 is 6.29 Å². The highest BCUT2D eigenvalue weighted by atomic mass is 16.1. The van der Waals surface area contributed by atoms with Crippen LogP contribution in [0.15, 0.2) is 60.7 Å². The normalized spacial score (nSPS) is 10.4. The van der Waals surface area contributed by atoms with Crippen LogP contribution in [0.5, 0.6) is 0 Å². The number of rotatable bonds is 3. The fourth-order valence-electron chi connectivity index (χ4n) is 2.34. The van der Waals surface area contributed by atoms with Crippen LogP contribution in [0.1, 0.15) is 10.6 Å². The van der Waals surface area contributed by atoms with Crippen LogP contribution in [0.25, 0.3) is 22.5 Å². The fourth-order valence-corrected chi connectivity index (χ4v) is 2.34. The van der Waals surface area contributed by atoms with Crippen LogP contribution in [0.4, 0.5) is 0 Å². The second kappa shape index (κ2) is 5.13. The zero-order chi connectivity index (χ0) is 13.9. The highest BCUT2D eigenvalue weighted by Crippen LogP contribution is 2.31. The smallest absolute Gasteiger partial charge is 0.185 e. The Bertz CT molecular complexity index is 730. The maximum Gasteiger partial charge on any atom is 0.185 e. The van der Waals surface area contributed by atoms with E-state index in [1.54, 1.807) is 0 Å². The van der Waals surface area contributed by atoms with Gasteiger partial charge in [-0.2, -0.15) is 0 Å². The minimum absolute atomic E-state index is 0.433. The average molecular weight is 262 g/mol. The Kier molecular flexibility index (Phi) is 3.17. The molecule has 0 aliphatic heterocycles. The van der Waals surface area contributed by atoms with Gasteiger partial charge in [-0.25, -0.2) is 4.98 Å². The molecule has 0 aliphatic rings. The maximum atomic E-state index is 11.2. The van der Waals surface area contributed by atoms with Crippen LogP contribution in [0.3, 0.4) is 0 Å². The molecule has 0 unspecified atom stereocenters. The van der Waals surface area contributed by atoms with Gasteiger partial charge in [-0.05, 0) is 0 Å². The number of hydrogen-bond acceptors (Lipinski definition) is 2. The summed E-state index contributed by atoms with van der Waals surface area (Å²) >= 11 is 0. The Morgan fingerprint density at radius 3 is 2.00 bits per heavy atom.